The average molecular weight is 199 g/mol. The monoisotopic (exact) mass is 199 g/mol. The highest BCUT2D eigenvalue weighted by molar-refractivity contribution is 7.10. The van der Waals surface area contributed by atoms with E-state index >= 15 is 0 Å². The van der Waals surface area contributed by atoms with E-state index in [-0.39, 0.29) is 0 Å². The molecule has 0 radical (unpaired) electrons. The third-order valence-corrected chi connectivity index (χ3v) is 2.55. The van der Waals surface area contributed by atoms with Crippen molar-refractivity contribution in [3.05, 3.63) is 52.2 Å². The summed E-state index contributed by atoms with van der Waals surface area (Å²) in [5.41, 5.74) is 7.33. The molecule has 0 aliphatic rings. The largest absolute Gasteiger partial charge is 0.399 e. The fraction of sp³-hybridized carbons (Fsp3) is 0. The molecule has 0 saturated carbocycles. The molecule has 0 fully saturated rings. The van der Waals surface area contributed by atoms with Gasteiger partial charge in [-0.05, 0) is 35.7 Å². The van der Waals surface area contributed by atoms with Crippen LogP contribution in [-0.4, -0.2) is 0 Å². The van der Waals surface area contributed by atoms with E-state index in [1.165, 1.54) is 0 Å². The van der Waals surface area contributed by atoms with Crippen molar-refractivity contribution in [1.82, 2.24) is 0 Å². The first-order valence-electron chi connectivity index (χ1n) is 4.26. The molecule has 1 nitrogen and oxygen atoms in total. The van der Waals surface area contributed by atoms with Crippen molar-refractivity contribution in [2.75, 3.05) is 5.73 Å². The van der Waals surface area contributed by atoms with Crippen molar-refractivity contribution in [2.45, 2.75) is 0 Å². The van der Waals surface area contributed by atoms with E-state index in [2.05, 4.69) is 11.8 Å². The molecule has 0 unspecified atom stereocenters. The molecule has 0 amide bonds. The summed E-state index contributed by atoms with van der Waals surface area (Å²) >= 11 is 1.65. The van der Waals surface area contributed by atoms with Gasteiger partial charge in [-0.1, -0.05) is 17.9 Å². The molecule has 2 N–H and O–H groups in total. The summed E-state index contributed by atoms with van der Waals surface area (Å²) in [6, 6.07) is 11.6. The Hall–Kier alpha value is -1.72. The first-order chi connectivity index (χ1) is 6.84. The Labute approximate surface area is 87.2 Å². The number of thiophene rings is 1. The Morgan fingerprint density at radius 3 is 2.43 bits per heavy atom. The van der Waals surface area contributed by atoms with Gasteiger partial charge in [0.1, 0.15) is 0 Å². The highest BCUT2D eigenvalue weighted by atomic mass is 32.1. The van der Waals surface area contributed by atoms with Gasteiger partial charge in [-0.25, -0.2) is 0 Å². The molecule has 2 heteroatoms. The summed E-state index contributed by atoms with van der Waals surface area (Å²) in [6.45, 7) is 0. The van der Waals surface area contributed by atoms with Gasteiger partial charge in [-0.2, -0.15) is 0 Å². The Morgan fingerprint density at radius 1 is 1.00 bits per heavy atom. The van der Waals surface area contributed by atoms with Gasteiger partial charge in [0.25, 0.3) is 0 Å². The highest BCUT2D eigenvalue weighted by Crippen LogP contribution is 2.07. The van der Waals surface area contributed by atoms with Crippen LogP contribution in [0.25, 0.3) is 0 Å². The molecule has 0 saturated heterocycles. The molecule has 2 rings (SSSR count). The maximum atomic E-state index is 5.57. The summed E-state index contributed by atoms with van der Waals surface area (Å²) in [7, 11) is 0. The quantitative estimate of drug-likeness (QED) is 0.512. The van der Waals surface area contributed by atoms with Gasteiger partial charge in [0.15, 0.2) is 0 Å². The number of hydrogen-bond acceptors (Lipinski definition) is 2. The van der Waals surface area contributed by atoms with E-state index < -0.39 is 0 Å². The predicted molar refractivity (Wildman–Crippen MR) is 61.2 cm³/mol. The van der Waals surface area contributed by atoms with Gasteiger partial charge in [0.2, 0.25) is 0 Å². The van der Waals surface area contributed by atoms with Crippen molar-refractivity contribution >= 4 is 17.0 Å². The van der Waals surface area contributed by atoms with E-state index in [1.807, 2.05) is 41.8 Å². The Kier molecular flexibility index (Phi) is 2.53. The number of nitrogens with two attached hydrogens (primary N) is 1. The molecule has 14 heavy (non-hydrogen) atoms. The molecule has 0 aliphatic carbocycles. The van der Waals surface area contributed by atoms with Crippen LogP contribution < -0.4 is 5.73 Å². The first kappa shape index (κ1) is 8.86. The molecule has 68 valence electrons. The Morgan fingerprint density at radius 2 is 1.79 bits per heavy atom. The minimum Gasteiger partial charge on any atom is -0.399 e. The topological polar surface area (TPSA) is 26.0 Å². The van der Waals surface area contributed by atoms with Gasteiger partial charge in [-0.3, -0.25) is 0 Å². The fourth-order valence-corrected chi connectivity index (χ4v) is 1.62. The van der Waals surface area contributed by atoms with E-state index in [1.54, 1.807) is 11.3 Å². The lowest BCUT2D eigenvalue weighted by Crippen LogP contribution is -1.82. The Balaban J connectivity index is 2.22. The van der Waals surface area contributed by atoms with Crippen LogP contribution in [0.2, 0.25) is 0 Å². The first-order valence-corrected chi connectivity index (χ1v) is 5.13. The number of benzene rings is 1. The van der Waals surface area contributed by atoms with Crippen LogP contribution in [0.15, 0.2) is 41.8 Å². The summed E-state index contributed by atoms with van der Waals surface area (Å²) in [5.74, 6) is 6.17. The Bertz CT molecular complexity index is 457. The molecule has 1 aromatic heterocycles. The molecule has 0 spiro atoms. The zero-order valence-electron chi connectivity index (χ0n) is 7.53. The van der Waals surface area contributed by atoms with Crippen LogP contribution in [0.4, 0.5) is 5.69 Å². The maximum Gasteiger partial charge on any atom is 0.0772 e. The summed E-state index contributed by atoms with van der Waals surface area (Å²) in [6.07, 6.45) is 0. The smallest absolute Gasteiger partial charge is 0.0772 e. The molecule has 2 aromatic rings. The zero-order chi connectivity index (χ0) is 9.80. The zero-order valence-corrected chi connectivity index (χ0v) is 8.34. The minimum absolute atomic E-state index is 0.770. The van der Waals surface area contributed by atoms with Gasteiger partial charge < -0.3 is 5.73 Å². The number of nitrogen functional groups attached to an aromatic ring is 1. The van der Waals surface area contributed by atoms with Crippen molar-refractivity contribution < 1.29 is 0 Å². The van der Waals surface area contributed by atoms with E-state index in [0.29, 0.717) is 0 Å². The molecule has 0 bridgehead atoms. The predicted octanol–water partition coefficient (Wildman–Crippen LogP) is 2.73. The van der Waals surface area contributed by atoms with Crippen LogP contribution in [0, 0.1) is 11.8 Å². The molecule has 0 atom stereocenters. The lowest BCUT2D eigenvalue weighted by molar-refractivity contribution is 1.63. The fourth-order valence-electron chi connectivity index (χ4n) is 1.05. The van der Waals surface area contributed by atoms with Gasteiger partial charge in [-0.15, -0.1) is 11.3 Å². The third kappa shape index (κ3) is 2.15. The minimum atomic E-state index is 0.770. The lowest BCUT2D eigenvalue weighted by atomic mass is 10.2. The second kappa shape index (κ2) is 3.99. The second-order valence-corrected chi connectivity index (χ2v) is 3.80. The number of hydrogen-bond donors (Lipinski definition) is 1. The lowest BCUT2D eigenvalue weighted by Gasteiger charge is -1.91. The molecule has 0 aliphatic heterocycles. The summed E-state index contributed by atoms with van der Waals surface area (Å²) in [5, 5.41) is 2.02. The van der Waals surface area contributed by atoms with Crippen LogP contribution in [0.1, 0.15) is 10.4 Å². The molecular formula is C12H9NS. The second-order valence-electron chi connectivity index (χ2n) is 2.85. The van der Waals surface area contributed by atoms with Gasteiger partial charge in [0, 0.05) is 11.3 Å². The van der Waals surface area contributed by atoms with E-state index in [4.69, 9.17) is 5.73 Å². The molecule has 1 aromatic carbocycles. The number of anilines is 1. The van der Waals surface area contributed by atoms with Crippen molar-refractivity contribution in [3.8, 4) is 11.8 Å². The molecular weight excluding hydrogens is 190 g/mol. The standard InChI is InChI=1S/C12H9NS/c13-11-6-3-10(4-7-11)5-8-12-2-1-9-14-12/h1-4,6-7,9H,13H2. The van der Waals surface area contributed by atoms with Crippen LogP contribution >= 0.6 is 11.3 Å². The van der Waals surface area contributed by atoms with Crippen molar-refractivity contribution in [1.29, 1.82) is 0 Å². The maximum absolute atomic E-state index is 5.57. The number of rotatable bonds is 0. The summed E-state index contributed by atoms with van der Waals surface area (Å²) in [4.78, 5) is 1.09. The van der Waals surface area contributed by atoms with Crippen molar-refractivity contribution in [3.63, 3.8) is 0 Å². The van der Waals surface area contributed by atoms with Crippen molar-refractivity contribution in [2.24, 2.45) is 0 Å². The summed E-state index contributed by atoms with van der Waals surface area (Å²) < 4.78 is 0. The van der Waals surface area contributed by atoms with E-state index in [9.17, 15) is 0 Å². The van der Waals surface area contributed by atoms with Gasteiger partial charge in [0.05, 0.1) is 4.88 Å². The van der Waals surface area contributed by atoms with Gasteiger partial charge >= 0.3 is 0 Å². The van der Waals surface area contributed by atoms with E-state index in [0.717, 1.165) is 16.1 Å². The normalized spacial score (nSPS) is 9.14. The van der Waals surface area contributed by atoms with Crippen LogP contribution in [0.5, 0.6) is 0 Å². The average Bonchev–Trinajstić information content (AvgIpc) is 2.70. The molecule has 1 heterocycles. The highest BCUT2D eigenvalue weighted by Gasteiger charge is 1.87. The SMILES string of the molecule is Nc1ccc(C#Cc2cccs2)cc1. The van der Waals surface area contributed by atoms with Crippen LogP contribution in [-0.2, 0) is 0 Å². The third-order valence-electron chi connectivity index (χ3n) is 1.76. The van der Waals surface area contributed by atoms with Crippen LogP contribution in [0.3, 0.4) is 0 Å².